The highest BCUT2D eigenvalue weighted by molar-refractivity contribution is 6.31. The van der Waals surface area contributed by atoms with Crippen LogP contribution in [0.4, 0.5) is 19.1 Å². The number of benzene rings is 2. The maximum Gasteiger partial charge on any atom is 0.226 e. The molecule has 0 aliphatic carbocycles. The maximum absolute atomic E-state index is 14.0. The van der Waals surface area contributed by atoms with Crippen molar-refractivity contribution in [1.29, 1.82) is 0 Å². The molecule has 2 aromatic carbocycles. The van der Waals surface area contributed by atoms with Gasteiger partial charge in [-0.3, -0.25) is 0 Å². The van der Waals surface area contributed by atoms with Gasteiger partial charge in [-0.1, -0.05) is 23.7 Å². The second-order valence-corrected chi connectivity index (χ2v) is 7.34. The molecule has 146 valence electrons. The first-order chi connectivity index (χ1) is 14.0. The van der Waals surface area contributed by atoms with Crippen molar-refractivity contribution in [3.8, 4) is 0 Å². The highest BCUT2D eigenvalue weighted by Crippen LogP contribution is 2.40. The lowest BCUT2D eigenvalue weighted by Crippen LogP contribution is -2.37. The average Bonchev–Trinajstić information content (AvgIpc) is 3.05. The van der Waals surface area contributed by atoms with Crippen LogP contribution in [0.3, 0.4) is 0 Å². The van der Waals surface area contributed by atoms with Gasteiger partial charge in [0, 0.05) is 23.1 Å². The summed E-state index contributed by atoms with van der Waals surface area (Å²) in [4.78, 5) is 13.4. The van der Waals surface area contributed by atoms with Crippen LogP contribution in [0.5, 0.6) is 0 Å². The number of aromatic amines is 1. The van der Waals surface area contributed by atoms with Gasteiger partial charge in [0.2, 0.25) is 5.95 Å². The van der Waals surface area contributed by atoms with Gasteiger partial charge >= 0.3 is 0 Å². The van der Waals surface area contributed by atoms with Gasteiger partial charge in [0.25, 0.3) is 0 Å². The molecule has 0 saturated heterocycles. The molecule has 5 rings (SSSR count). The Morgan fingerprint density at radius 1 is 1.03 bits per heavy atom. The lowest BCUT2D eigenvalue weighted by Gasteiger charge is -2.36. The lowest BCUT2D eigenvalue weighted by molar-refractivity contribution is 0.590. The van der Waals surface area contributed by atoms with Crippen LogP contribution in [0, 0.1) is 17.5 Å². The molecule has 1 atom stereocenters. The molecule has 0 bridgehead atoms. The summed E-state index contributed by atoms with van der Waals surface area (Å²) in [6.07, 6.45) is 2.81. The summed E-state index contributed by atoms with van der Waals surface area (Å²) < 4.78 is 41.3. The van der Waals surface area contributed by atoms with Crippen LogP contribution in [0.15, 0.2) is 48.8 Å². The number of hydrogen-bond donors (Lipinski definition) is 1. The largest absolute Gasteiger partial charge is 0.356 e. The molecule has 0 fully saturated rings. The average molecular weight is 415 g/mol. The zero-order chi connectivity index (χ0) is 20.1. The number of fused-ring (bicyclic) bond motifs is 3. The van der Waals surface area contributed by atoms with Crippen LogP contribution in [-0.2, 0) is 6.42 Å². The van der Waals surface area contributed by atoms with E-state index in [4.69, 9.17) is 11.6 Å². The highest BCUT2D eigenvalue weighted by Gasteiger charge is 2.33. The third-order valence-corrected chi connectivity index (χ3v) is 5.49. The van der Waals surface area contributed by atoms with Crippen molar-refractivity contribution in [1.82, 2.24) is 15.0 Å². The van der Waals surface area contributed by atoms with E-state index in [9.17, 15) is 13.2 Å². The Morgan fingerprint density at radius 2 is 1.83 bits per heavy atom. The first-order valence-corrected chi connectivity index (χ1v) is 9.38. The van der Waals surface area contributed by atoms with Crippen molar-refractivity contribution in [2.45, 2.75) is 12.5 Å². The molecule has 4 nitrogen and oxygen atoms in total. The predicted octanol–water partition coefficient (Wildman–Crippen LogP) is 5.18. The first kappa shape index (κ1) is 18.0. The molecule has 0 saturated carbocycles. The van der Waals surface area contributed by atoms with Gasteiger partial charge in [0.15, 0.2) is 5.82 Å². The number of rotatable bonds is 2. The normalized spacial score (nSPS) is 16.3. The third-order valence-electron chi connectivity index (χ3n) is 5.20. The van der Waals surface area contributed by atoms with Crippen LogP contribution in [0.1, 0.15) is 22.9 Å². The number of hydrogen-bond acceptors (Lipinski definition) is 3. The van der Waals surface area contributed by atoms with Gasteiger partial charge in [-0.2, -0.15) is 0 Å². The molecule has 1 aliphatic heterocycles. The predicted molar refractivity (Wildman–Crippen MR) is 105 cm³/mol. The molecule has 3 heterocycles. The Hall–Kier alpha value is -3.06. The highest BCUT2D eigenvalue weighted by atomic mass is 35.5. The second kappa shape index (κ2) is 6.77. The number of halogens is 4. The molecular weight excluding hydrogens is 401 g/mol. The number of anilines is 1. The number of H-pyrrole nitrogens is 1. The topological polar surface area (TPSA) is 44.8 Å². The first-order valence-electron chi connectivity index (χ1n) is 9.00. The molecule has 0 spiro atoms. The van der Waals surface area contributed by atoms with Crippen molar-refractivity contribution in [2.24, 2.45) is 0 Å². The SMILES string of the molecule is Fc1cnc(N2CCc3c([nH]c4cc(F)c(Cl)cc34)C2c2cccc(F)c2)nc1. The number of nitrogens with zero attached hydrogens (tertiary/aromatic N) is 3. The molecule has 8 heteroatoms. The molecule has 2 aromatic heterocycles. The van der Waals surface area contributed by atoms with Gasteiger partial charge in [-0.05, 0) is 41.8 Å². The van der Waals surface area contributed by atoms with Gasteiger partial charge in [0.1, 0.15) is 11.6 Å². The monoisotopic (exact) mass is 414 g/mol. The van der Waals surface area contributed by atoms with E-state index in [0.717, 1.165) is 29.0 Å². The van der Waals surface area contributed by atoms with E-state index in [0.29, 0.717) is 30.0 Å². The smallest absolute Gasteiger partial charge is 0.226 e. The molecule has 1 aliphatic rings. The van der Waals surface area contributed by atoms with E-state index in [1.54, 1.807) is 18.2 Å². The Kier molecular flexibility index (Phi) is 4.20. The Bertz CT molecular complexity index is 1220. The molecule has 0 radical (unpaired) electrons. The Balaban J connectivity index is 1.73. The van der Waals surface area contributed by atoms with E-state index in [1.165, 1.54) is 18.2 Å². The van der Waals surface area contributed by atoms with Crippen molar-refractivity contribution in [3.63, 3.8) is 0 Å². The second-order valence-electron chi connectivity index (χ2n) is 6.93. The summed E-state index contributed by atoms with van der Waals surface area (Å²) in [5.74, 6) is -1.10. The standard InChI is InChI=1S/C21H14ClF3N4/c22-16-7-15-14-4-5-29(21-26-9-13(24)10-27-21)20(11-2-1-3-12(23)6-11)19(14)28-18(15)8-17(16)25/h1-3,6-10,20,28H,4-5H2. The lowest BCUT2D eigenvalue weighted by atomic mass is 9.92. The molecular formula is C21H14ClF3N4. The summed E-state index contributed by atoms with van der Waals surface area (Å²) in [5, 5.41) is 0.874. The quantitative estimate of drug-likeness (QED) is 0.491. The van der Waals surface area contributed by atoms with E-state index in [-0.39, 0.29) is 10.8 Å². The Morgan fingerprint density at radius 3 is 2.59 bits per heavy atom. The molecule has 1 unspecified atom stereocenters. The van der Waals surface area contributed by atoms with Crippen LogP contribution in [0.25, 0.3) is 10.9 Å². The third kappa shape index (κ3) is 3.02. The van der Waals surface area contributed by atoms with Crippen molar-refractivity contribution in [2.75, 3.05) is 11.4 Å². The van der Waals surface area contributed by atoms with E-state index >= 15 is 0 Å². The summed E-state index contributed by atoms with van der Waals surface area (Å²) >= 11 is 6.00. The van der Waals surface area contributed by atoms with E-state index < -0.39 is 17.7 Å². The minimum atomic E-state index is -0.538. The minimum absolute atomic E-state index is 0.0471. The van der Waals surface area contributed by atoms with Crippen LogP contribution < -0.4 is 4.90 Å². The zero-order valence-electron chi connectivity index (χ0n) is 15.0. The molecule has 29 heavy (non-hydrogen) atoms. The van der Waals surface area contributed by atoms with E-state index in [1.807, 2.05) is 4.90 Å². The summed E-state index contributed by atoms with van der Waals surface area (Å²) in [5.41, 5.74) is 3.05. The Labute approximate surface area is 169 Å². The fourth-order valence-electron chi connectivity index (χ4n) is 3.98. The summed E-state index contributed by atoms with van der Waals surface area (Å²) in [7, 11) is 0. The summed E-state index contributed by atoms with van der Waals surface area (Å²) in [6.45, 7) is 0.516. The van der Waals surface area contributed by atoms with Gasteiger partial charge in [0.05, 0.1) is 23.5 Å². The van der Waals surface area contributed by atoms with Crippen molar-refractivity contribution < 1.29 is 13.2 Å². The maximum atomic E-state index is 14.0. The van der Waals surface area contributed by atoms with Gasteiger partial charge in [-0.25, -0.2) is 23.1 Å². The fourth-order valence-corrected chi connectivity index (χ4v) is 4.14. The van der Waals surface area contributed by atoms with Crippen LogP contribution >= 0.6 is 11.6 Å². The summed E-state index contributed by atoms with van der Waals surface area (Å²) in [6, 6.07) is 8.75. The van der Waals surface area contributed by atoms with Gasteiger partial charge in [-0.15, -0.1) is 0 Å². The molecule has 0 amide bonds. The minimum Gasteiger partial charge on any atom is -0.356 e. The fraction of sp³-hybridized carbons (Fsp3) is 0.143. The van der Waals surface area contributed by atoms with E-state index in [2.05, 4.69) is 15.0 Å². The van der Waals surface area contributed by atoms with Gasteiger partial charge < -0.3 is 9.88 Å². The van der Waals surface area contributed by atoms with Crippen molar-refractivity contribution >= 4 is 28.5 Å². The van der Waals surface area contributed by atoms with Crippen molar-refractivity contribution in [3.05, 3.63) is 88.1 Å². The van der Waals surface area contributed by atoms with Crippen LogP contribution in [0.2, 0.25) is 5.02 Å². The van der Waals surface area contributed by atoms with Crippen LogP contribution in [-0.4, -0.2) is 21.5 Å². The molecule has 4 aromatic rings. The molecule has 1 N–H and O–H groups in total. The zero-order valence-corrected chi connectivity index (χ0v) is 15.7. The number of aromatic nitrogens is 3. The number of nitrogens with one attached hydrogen (secondary N) is 1.